The summed E-state index contributed by atoms with van der Waals surface area (Å²) in [4.78, 5) is 33.4. The van der Waals surface area contributed by atoms with Gasteiger partial charge in [0.05, 0.1) is 19.1 Å². The van der Waals surface area contributed by atoms with E-state index in [1.807, 2.05) is 57.3 Å². The first kappa shape index (κ1) is 32.3. The van der Waals surface area contributed by atoms with Gasteiger partial charge in [-0.3, -0.25) is 4.79 Å². The molecule has 0 radical (unpaired) electrons. The van der Waals surface area contributed by atoms with Gasteiger partial charge < -0.3 is 20.1 Å². The quantitative estimate of drug-likeness (QED) is 0.336. The van der Waals surface area contributed by atoms with Crippen molar-refractivity contribution in [1.82, 2.24) is 15.2 Å². The van der Waals surface area contributed by atoms with Gasteiger partial charge in [0, 0.05) is 36.2 Å². The molecular formula is C34H44F3N3O4. The number of carbonyl (C=O) groups is 2. The number of amides is 1. The van der Waals surface area contributed by atoms with Gasteiger partial charge in [0.2, 0.25) is 11.8 Å². The van der Waals surface area contributed by atoms with Crippen LogP contribution < -0.4 is 10.1 Å². The number of carboxylic acids is 1. The lowest BCUT2D eigenvalue weighted by Crippen LogP contribution is -2.50. The van der Waals surface area contributed by atoms with Gasteiger partial charge in [-0.25, -0.2) is 9.78 Å². The van der Waals surface area contributed by atoms with Gasteiger partial charge in [-0.2, -0.15) is 13.2 Å². The number of likely N-dealkylation sites (tertiary alicyclic amines) is 1. The molecule has 1 amide bonds. The summed E-state index contributed by atoms with van der Waals surface area (Å²) in [5.41, 5.74) is 2.16. The Labute approximate surface area is 257 Å². The molecule has 2 heterocycles. The molecule has 2 saturated carbocycles. The predicted octanol–water partition coefficient (Wildman–Crippen LogP) is 6.88. The Morgan fingerprint density at radius 3 is 2.30 bits per heavy atom. The molecule has 7 nitrogen and oxygen atoms in total. The van der Waals surface area contributed by atoms with Gasteiger partial charge >= 0.3 is 12.1 Å². The van der Waals surface area contributed by atoms with E-state index in [0.717, 1.165) is 29.5 Å². The fourth-order valence-electron chi connectivity index (χ4n) is 7.67. The zero-order valence-electron chi connectivity index (χ0n) is 25.9. The van der Waals surface area contributed by atoms with E-state index in [1.54, 1.807) is 7.11 Å². The average Bonchev–Trinajstić information content (AvgIpc) is 3.31. The van der Waals surface area contributed by atoms with Crippen molar-refractivity contribution in [2.24, 2.45) is 23.2 Å². The smallest absolute Gasteiger partial charge is 0.391 e. The summed E-state index contributed by atoms with van der Waals surface area (Å²) in [7, 11) is 1.56. The van der Waals surface area contributed by atoms with E-state index in [1.165, 1.54) is 11.3 Å². The number of rotatable bonds is 8. The minimum absolute atomic E-state index is 0.0116. The second-order valence-corrected chi connectivity index (χ2v) is 13.8. The Kier molecular flexibility index (Phi) is 9.31. The van der Waals surface area contributed by atoms with Crippen molar-refractivity contribution in [3.05, 3.63) is 59.3 Å². The number of alkyl halides is 3. The normalized spacial score (nSPS) is 28.0. The van der Waals surface area contributed by atoms with E-state index in [2.05, 4.69) is 16.4 Å². The van der Waals surface area contributed by atoms with E-state index < -0.39 is 59.3 Å². The Hall–Kier alpha value is -3.14. The van der Waals surface area contributed by atoms with Crippen LogP contribution in [0.1, 0.15) is 94.4 Å². The highest BCUT2D eigenvalue weighted by atomic mass is 19.4. The van der Waals surface area contributed by atoms with Gasteiger partial charge in [0.1, 0.15) is 6.04 Å². The van der Waals surface area contributed by atoms with Gasteiger partial charge in [0.15, 0.2) is 0 Å². The van der Waals surface area contributed by atoms with Crippen LogP contribution in [0.25, 0.3) is 0 Å². The van der Waals surface area contributed by atoms with Crippen LogP contribution in [-0.4, -0.2) is 52.2 Å². The number of aromatic nitrogens is 1. The summed E-state index contributed by atoms with van der Waals surface area (Å²) in [5, 5.41) is 14.3. The molecule has 1 aromatic heterocycles. The summed E-state index contributed by atoms with van der Waals surface area (Å²) in [6.07, 6.45) is 1.12. The molecule has 3 aliphatic rings. The Morgan fingerprint density at radius 1 is 1.05 bits per heavy atom. The van der Waals surface area contributed by atoms with Crippen molar-refractivity contribution in [1.29, 1.82) is 0 Å². The number of benzene rings is 1. The number of halogens is 3. The fourth-order valence-corrected chi connectivity index (χ4v) is 7.67. The number of aliphatic carboxylic acids is 1. The first-order chi connectivity index (χ1) is 20.8. The summed E-state index contributed by atoms with van der Waals surface area (Å²) in [6, 6.07) is 8.91. The topological polar surface area (TPSA) is 91.8 Å². The SMILES string of the molecule is COc1ncc(C2CCC2)cc1CN[C@H]1[C@H](C(C)(C)C)[C@@H](C(=O)O)N(C(=O)[C@H]2CCC[C@@H](C(F)(F)F)C2)[C@H]1c1ccccc1. The molecule has 2 aliphatic carbocycles. The third-order valence-electron chi connectivity index (χ3n) is 10.0. The molecule has 5 rings (SSSR count). The van der Waals surface area contributed by atoms with Crippen LogP contribution >= 0.6 is 0 Å². The van der Waals surface area contributed by atoms with Gasteiger partial charge in [-0.05, 0) is 60.6 Å². The molecule has 0 unspecified atom stereocenters. The fraction of sp³-hybridized carbons (Fsp3) is 0.618. The number of methoxy groups -OCH3 is 1. The number of nitrogens with one attached hydrogen (secondary N) is 1. The van der Waals surface area contributed by atoms with E-state index in [0.29, 0.717) is 24.8 Å². The standard InChI is InChI=1S/C34H44F3N3O4/c1-33(2,3)26-27(38-19-24-16-23(20-12-8-13-20)18-39-30(24)44-4)28(21-10-6-5-7-11-21)40(29(26)32(42)43)31(41)22-14-9-15-25(17-22)34(35,36)37/h5-7,10-11,16,18,20,22,25-29,38H,8-9,12-15,17,19H2,1-4H3,(H,42,43)/t22-,25+,26-,27-,28-,29-/m0/s1. The van der Waals surface area contributed by atoms with Crippen molar-refractivity contribution in [2.45, 2.75) is 102 Å². The maximum atomic E-state index is 14.4. The minimum Gasteiger partial charge on any atom is -0.481 e. The number of carboxylic acid groups (broad SMARTS) is 1. The van der Waals surface area contributed by atoms with Crippen molar-refractivity contribution in [2.75, 3.05) is 7.11 Å². The number of hydrogen-bond donors (Lipinski definition) is 2. The molecule has 0 spiro atoms. The lowest BCUT2D eigenvalue weighted by molar-refractivity contribution is -0.188. The largest absolute Gasteiger partial charge is 0.481 e. The molecule has 1 aliphatic heterocycles. The van der Waals surface area contributed by atoms with Crippen LogP contribution in [0.4, 0.5) is 13.2 Å². The summed E-state index contributed by atoms with van der Waals surface area (Å²) < 4.78 is 46.9. The molecule has 0 bridgehead atoms. The molecule has 240 valence electrons. The Bertz CT molecular complexity index is 1330. The van der Waals surface area contributed by atoms with Crippen LogP contribution in [0.3, 0.4) is 0 Å². The van der Waals surface area contributed by atoms with Gasteiger partial charge in [0.25, 0.3) is 0 Å². The number of pyridine rings is 1. The second kappa shape index (κ2) is 12.7. The zero-order valence-corrected chi connectivity index (χ0v) is 25.9. The molecule has 6 atom stereocenters. The van der Waals surface area contributed by atoms with Crippen molar-refractivity contribution >= 4 is 11.9 Å². The van der Waals surface area contributed by atoms with Gasteiger partial charge in [-0.15, -0.1) is 0 Å². The summed E-state index contributed by atoms with van der Waals surface area (Å²) >= 11 is 0. The zero-order chi connectivity index (χ0) is 31.8. The van der Waals surface area contributed by atoms with Crippen molar-refractivity contribution in [3.8, 4) is 5.88 Å². The molecule has 1 saturated heterocycles. The van der Waals surface area contributed by atoms with Crippen molar-refractivity contribution in [3.63, 3.8) is 0 Å². The first-order valence-corrected chi connectivity index (χ1v) is 15.7. The van der Waals surface area contributed by atoms with Crippen LogP contribution in [0.5, 0.6) is 5.88 Å². The minimum atomic E-state index is -4.39. The number of ether oxygens (including phenoxy) is 1. The predicted molar refractivity (Wildman–Crippen MR) is 160 cm³/mol. The third kappa shape index (κ3) is 6.46. The molecule has 2 N–H and O–H groups in total. The highest BCUT2D eigenvalue weighted by Crippen LogP contribution is 2.50. The monoisotopic (exact) mass is 615 g/mol. The highest BCUT2D eigenvalue weighted by Gasteiger charge is 2.59. The van der Waals surface area contributed by atoms with E-state index in [-0.39, 0.29) is 19.3 Å². The van der Waals surface area contributed by atoms with Crippen LogP contribution in [0.15, 0.2) is 42.6 Å². The van der Waals surface area contributed by atoms with E-state index >= 15 is 0 Å². The average molecular weight is 616 g/mol. The first-order valence-electron chi connectivity index (χ1n) is 15.7. The maximum absolute atomic E-state index is 14.4. The maximum Gasteiger partial charge on any atom is 0.391 e. The van der Waals surface area contributed by atoms with Crippen molar-refractivity contribution < 1.29 is 32.6 Å². The molecular weight excluding hydrogens is 571 g/mol. The molecule has 44 heavy (non-hydrogen) atoms. The number of hydrogen-bond acceptors (Lipinski definition) is 5. The van der Waals surface area contributed by atoms with E-state index in [9.17, 15) is 27.9 Å². The van der Waals surface area contributed by atoms with Crippen LogP contribution in [0, 0.1) is 23.2 Å². The highest BCUT2D eigenvalue weighted by molar-refractivity contribution is 5.87. The third-order valence-corrected chi connectivity index (χ3v) is 10.0. The number of carbonyl (C=O) groups excluding carboxylic acids is 1. The lowest BCUT2D eigenvalue weighted by atomic mass is 9.72. The molecule has 3 fully saturated rings. The number of nitrogens with zero attached hydrogens (tertiary/aromatic N) is 2. The Morgan fingerprint density at radius 2 is 1.73 bits per heavy atom. The van der Waals surface area contributed by atoms with E-state index in [4.69, 9.17) is 4.74 Å². The lowest BCUT2D eigenvalue weighted by Gasteiger charge is -2.37. The van der Waals surface area contributed by atoms with Gasteiger partial charge in [-0.1, -0.05) is 63.9 Å². The van der Waals surface area contributed by atoms with Crippen LogP contribution in [0.2, 0.25) is 0 Å². The van der Waals surface area contributed by atoms with Crippen LogP contribution in [-0.2, 0) is 16.1 Å². The summed E-state index contributed by atoms with van der Waals surface area (Å²) in [6.45, 7) is 6.19. The molecule has 1 aromatic carbocycles. The summed E-state index contributed by atoms with van der Waals surface area (Å²) in [5.74, 6) is -3.75. The molecule has 10 heteroatoms. The molecule has 2 aromatic rings. The second-order valence-electron chi connectivity index (χ2n) is 13.8. The Balaban J connectivity index is 1.55.